The molecule has 0 aromatic heterocycles. The van der Waals surface area contributed by atoms with E-state index in [4.69, 9.17) is 21.7 Å². The number of hydrogen-bond donors (Lipinski definition) is 0. The molecule has 1 fully saturated rings. The molecule has 0 saturated carbocycles. The second-order valence-corrected chi connectivity index (χ2v) is 7.94. The van der Waals surface area contributed by atoms with Crippen molar-refractivity contribution >= 4 is 34.8 Å². The average Bonchev–Trinajstić information content (AvgIpc) is 3.12. The molecule has 0 radical (unpaired) electrons. The van der Waals surface area contributed by atoms with Crippen LogP contribution in [0.15, 0.2) is 54.6 Å². The first-order chi connectivity index (χ1) is 12.6. The van der Waals surface area contributed by atoms with Crippen molar-refractivity contribution in [3.05, 3.63) is 60.2 Å². The van der Waals surface area contributed by atoms with E-state index in [9.17, 15) is 4.79 Å². The first-order valence-electron chi connectivity index (χ1n) is 8.36. The van der Waals surface area contributed by atoms with Crippen molar-refractivity contribution in [1.29, 1.82) is 0 Å². The summed E-state index contributed by atoms with van der Waals surface area (Å²) >= 11 is 7.22. The van der Waals surface area contributed by atoms with Gasteiger partial charge in [0.25, 0.3) is 5.91 Å². The zero-order valence-corrected chi connectivity index (χ0v) is 16.4. The number of thioether (sulfide) groups is 1. The van der Waals surface area contributed by atoms with Crippen molar-refractivity contribution in [2.24, 2.45) is 0 Å². The summed E-state index contributed by atoms with van der Waals surface area (Å²) in [6.07, 6.45) is 0. The Labute approximate surface area is 163 Å². The summed E-state index contributed by atoms with van der Waals surface area (Å²) in [5, 5.41) is 0. The summed E-state index contributed by atoms with van der Waals surface area (Å²) < 4.78 is 11.4. The SMILES string of the molecule is COc1ccccc1OCC1(C(C)=S)SCCN1C(=O)c1ccccc1. The quantitative estimate of drug-likeness (QED) is 0.699. The van der Waals surface area contributed by atoms with E-state index in [0.717, 1.165) is 10.6 Å². The van der Waals surface area contributed by atoms with Crippen molar-refractivity contribution in [3.8, 4) is 11.5 Å². The van der Waals surface area contributed by atoms with Gasteiger partial charge >= 0.3 is 0 Å². The number of rotatable bonds is 6. The van der Waals surface area contributed by atoms with Gasteiger partial charge < -0.3 is 14.4 Å². The highest BCUT2D eigenvalue weighted by molar-refractivity contribution is 8.02. The molecule has 6 heteroatoms. The van der Waals surface area contributed by atoms with Crippen LogP contribution >= 0.6 is 24.0 Å². The van der Waals surface area contributed by atoms with Crippen LogP contribution in [-0.4, -0.2) is 46.6 Å². The Hall–Kier alpha value is -2.05. The Bertz CT molecular complexity index is 797. The van der Waals surface area contributed by atoms with Crippen molar-refractivity contribution in [3.63, 3.8) is 0 Å². The van der Waals surface area contributed by atoms with E-state index < -0.39 is 4.87 Å². The number of carbonyl (C=O) groups is 1. The maximum absolute atomic E-state index is 13.1. The van der Waals surface area contributed by atoms with Crippen molar-refractivity contribution in [2.45, 2.75) is 11.8 Å². The fraction of sp³-hybridized carbons (Fsp3) is 0.300. The fourth-order valence-electron chi connectivity index (χ4n) is 2.99. The van der Waals surface area contributed by atoms with Crippen LogP contribution in [0.25, 0.3) is 0 Å². The lowest BCUT2D eigenvalue weighted by molar-refractivity contribution is 0.0683. The molecular formula is C20H21NO3S2. The lowest BCUT2D eigenvalue weighted by atomic mass is 10.1. The first kappa shape index (κ1) is 18.7. The Balaban J connectivity index is 1.86. The van der Waals surface area contributed by atoms with Gasteiger partial charge in [0.15, 0.2) is 16.4 Å². The Morgan fingerprint density at radius 3 is 2.46 bits per heavy atom. The molecule has 0 aliphatic carbocycles. The number of ether oxygens (including phenoxy) is 2. The van der Waals surface area contributed by atoms with Gasteiger partial charge in [-0.1, -0.05) is 42.5 Å². The third-order valence-electron chi connectivity index (χ3n) is 4.40. The maximum Gasteiger partial charge on any atom is 0.255 e. The van der Waals surface area contributed by atoms with Gasteiger partial charge in [0, 0.05) is 22.7 Å². The van der Waals surface area contributed by atoms with Gasteiger partial charge in [0.05, 0.1) is 7.11 Å². The van der Waals surface area contributed by atoms with Gasteiger partial charge in [-0.3, -0.25) is 4.79 Å². The van der Waals surface area contributed by atoms with E-state index in [1.54, 1.807) is 18.9 Å². The lowest BCUT2D eigenvalue weighted by Crippen LogP contribution is -2.53. The molecule has 3 rings (SSSR count). The predicted octanol–water partition coefficient (Wildman–Crippen LogP) is 4.05. The van der Waals surface area contributed by atoms with Gasteiger partial charge in [0.1, 0.15) is 6.61 Å². The van der Waals surface area contributed by atoms with E-state index in [1.165, 1.54) is 0 Å². The summed E-state index contributed by atoms with van der Waals surface area (Å²) in [6, 6.07) is 16.8. The molecule has 1 unspecified atom stereocenters. The average molecular weight is 388 g/mol. The second-order valence-electron chi connectivity index (χ2n) is 5.95. The minimum atomic E-state index is -0.664. The van der Waals surface area contributed by atoms with E-state index in [2.05, 4.69) is 0 Å². The highest BCUT2D eigenvalue weighted by atomic mass is 32.2. The molecule has 1 amide bonds. The number of para-hydroxylation sites is 2. The van der Waals surface area contributed by atoms with Crippen LogP contribution in [0.3, 0.4) is 0 Å². The van der Waals surface area contributed by atoms with E-state index in [0.29, 0.717) is 23.6 Å². The molecule has 4 nitrogen and oxygen atoms in total. The molecule has 0 spiro atoms. The van der Waals surface area contributed by atoms with Crippen LogP contribution in [-0.2, 0) is 0 Å². The number of amides is 1. The molecule has 136 valence electrons. The van der Waals surface area contributed by atoms with Crippen LogP contribution < -0.4 is 9.47 Å². The lowest BCUT2D eigenvalue weighted by Gasteiger charge is -2.37. The highest BCUT2D eigenvalue weighted by Gasteiger charge is 2.47. The molecule has 26 heavy (non-hydrogen) atoms. The van der Waals surface area contributed by atoms with Crippen LogP contribution in [0.2, 0.25) is 0 Å². The second kappa shape index (κ2) is 8.10. The highest BCUT2D eigenvalue weighted by Crippen LogP contribution is 2.40. The number of nitrogens with zero attached hydrogens (tertiary/aromatic N) is 1. The minimum absolute atomic E-state index is 0.0246. The van der Waals surface area contributed by atoms with Crippen molar-refractivity contribution in [1.82, 2.24) is 4.90 Å². The van der Waals surface area contributed by atoms with Crippen molar-refractivity contribution < 1.29 is 14.3 Å². The zero-order chi connectivity index (χ0) is 18.6. The van der Waals surface area contributed by atoms with Gasteiger partial charge in [-0.2, -0.15) is 0 Å². The molecule has 0 N–H and O–H groups in total. The van der Waals surface area contributed by atoms with Gasteiger partial charge in [-0.05, 0) is 31.2 Å². The topological polar surface area (TPSA) is 38.8 Å². The Morgan fingerprint density at radius 2 is 1.81 bits per heavy atom. The minimum Gasteiger partial charge on any atom is -0.493 e. The predicted molar refractivity (Wildman–Crippen MR) is 109 cm³/mol. The molecule has 0 bridgehead atoms. The zero-order valence-electron chi connectivity index (χ0n) is 14.8. The third-order valence-corrected chi connectivity index (χ3v) is 6.38. The standard InChI is InChI=1S/C20H21NO3S2/c1-15(25)20(14-24-18-11-7-6-10-17(18)23-2)21(12-13-26-20)19(22)16-8-4-3-5-9-16/h3-11H,12-14H2,1-2H3. The molecule has 1 saturated heterocycles. The Morgan fingerprint density at radius 1 is 1.15 bits per heavy atom. The molecule has 2 aromatic rings. The maximum atomic E-state index is 13.1. The smallest absolute Gasteiger partial charge is 0.255 e. The largest absolute Gasteiger partial charge is 0.493 e. The molecule has 1 aliphatic heterocycles. The van der Waals surface area contributed by atoms with E-state index in [1.807, 2.05) is 66.4 Å². The normalized spacial score (nSPS) is 19.2. The summed E-state index contributed by atoms with van der Waals surface area (Å²) in [7, 11) is 1.61. The molecular weight excluding hydrogens is 366 g/mol. The monoisotopic (exact) mass is 387 g/mol. The number of thiocarbonyl (C=S) groups is 1. The summed E-state index contributed by atoms with van der Waals surface area (Å²) in [5.41, 5.74) is 0.660. The van der Waals surface area contributed by atoms with Crippen LogP contribution in [0, 0.1) is 0 Å². The van der Waals surface area contributed by atoms with Crippen molar-refractivity contribution in [2.75, 3.05) is 26.0 Å². The molecule has 1 aliphatic rings. The van der Waals surface area contributed by atoms with Gasteiger partial charge in [-0.15, -0.1) is 11.8 Å². The fourth-order valence-corrected chi connectivity index (χ4v) is 4.63. The Kier molecular flexibility index (Phi) is 5.84. The number of hydrogen-bond acceptors (Lipinski definition) is 5. The molecule has 2 aromatic carbocycles. The first-order valence-corrected chi connectivity index (χ1v) is 9.76. The van der Waals surface area contributed by atoms with E-state index in [-0.39, 0.29) is 12.5 Å². The van der Waals surface area contributed by atoms with Crippen LogP contribution in [0.4, 0.5) is 0 Å². The summed E-state index contributed by atoms with van der Waals surface area (Å²) in [5.74, 6) is 2.10. The summed E-state index contributed by atoms with van der Waals surface area (Å²) in [4.78, 5) is 15.0. The summed E-state index contributed by atoms with van der Waals surface area (Å²) in [6.45, 7) is 2.80. The molecule has 1 atom stereocenters. The van der Waals surface area contributed by atoms with Crippen LogP contribution in [0.1, 0.15) is 17.3 Å². The van der Waals surface area contributed by atoms with Gasteiger partial charge in [-0.25, -0.2) is 0 Å². The van der Waals surface area contributed by atoms with E-state index >= 15 is 0 Å². The number of methoxy groups -OCH3 is 1. The molecule has 1 heterocycles. The number of carbonyl (C=O) groups excluding carboxylic acids is 1. The third kappa shape index (κ3) is 3.57. The number of benzene rings is 2. The van der Waals surface area contributed by atoms with Gasteiger partial charge in [0.2, 0.25) is 0 Å². The van der Waals surface area contributed by atoms with Crippen LogP contribution in [0.5, 0.6) is 11.5 Å².